The van der Waals surface area contributed by atoms with Crippen LogP contribution in [0.1, 0.15) is 6.92 Å². The molecular weight excluding hydrogens is 202 g/mol. The van der Waals surface area contributed by atoms with E-state index < -0.39 is 0 Å². The molecule has 1 aromatic heterocycles. The Balaban J connectivity index is 2.55. The van der Waals surface area contributed by atoms with Gasteiger partial charge in [-0.25, -0.2) is 0 Å². The van der Waals surface area contributed by atoms with E-state index in [9.17, 15) is 0 Å². The fraction of sp³-hybridized carbons (Fsp3) is 0.200. The van der Waals surface area contributed by atoms with Gasteiger partial charge in [-0.1, -0.05) is 24.6 Å². The maximum atomic E-state index is 5.88. The van der Waals surface area contributed by atoms with E-state index in [-0.39, 0.29) is 0 Å². The number of hydrogen-bond donors (Lipinski definition) is 1. The third kappa shape index (κ3) is 1.69. The number of thioether (sulfide) groups is 1. The fourth-order valence-electron chi connectivity index (χ4n) is 1.35. The molecule has 0 unspecified atom stereocenters. The Morgan fingerprint density at radius 3 is 3.08 bits per heavy atom. The van der Waals surface area contributed by atoms with Gasteiger partial charge < -0.3 is 4.98 Å². The topological polar surface area (TPSA) is 15.8 Å². The van der Waals surface area contributed by atoms with Gasteiger partial charge in [-0.2, -0.15) is 0 Å². The average molecular weight is 212 g/mol. The molecule has 0 radical (unpaired) electrons. The molecule has 0 amide bonds. The third-order valence-corrected chi connectivity index (χ3v) is 3.08. The highest BCUT2D eigenvalue weighted by atomic mass is 35.5. The average Bonchev–Trinajstić information content (AvgIpc) is 2.49. The van der Waals surface area contributed by atoms with Crippen LogP contribution in [0.3, 0.4) is 0 Å². The van der Waals surface area contributed by atoms with Crippen LogP contribution in [0.25, 0.3) is 10.9 Å². The lowest BCUT2D eigenvalue weighted by Gasteiger charge is -1.95. The smallest absolute Gasteiger partial charge is 0.0480 e. The third-order valence-electron chi connectivity index (χ3n) is 1.91. The lowest BCUT2D eigenvalue weighted by Crippen LogP contribution is -1.70. The highest BCUT2D eigenvalue weighted by molar-refractivity contribution is 7.99. The summed E-state index contributed by atoms with van der Waals surface area (Å²) in [5.74, 6) is 1.09. The minimum Gasteiger partial charge on any atom is -0.360 e. The Hall–Kier alpha value is -0.600. The molecule has 0 atom stereocenters. The summed E-state index contributed by atoms with van der Waals surface area (Å²) >= 11 is 7.72. The van der Waals surface area contributed by atoms with E-state index in [1.54, 1.807) is 0 Å². The van der Waals surface area contributed by atoms with Crippen molar-refractivity contribution in [3.05, 3.63) is 29.4 Å². The van der Waals surface area contributed by atoms with Gasteiger partial charge in [-0.3, -0.25) is 0 Å². The first-order chi connectivity index (χ1) is 6.31. The summed E-state index contributed by atoms with van der Waals surface area (Å²) in [5.41, 5.74) is 1.11. The number of aromatic amines is 1. The molecular formula is C10H10ClNS. The van der Waals surface area contributed by atoms with Crippen LogP contribution < -0.4 is 0 Å². The summed E-state index contributed by atoms with van der Waals surface area (Å²) in [6.45, 7) is 2.15. The first-order valence-electron chi connectivity index (χ1n) is 4.20. The summed E-state index contributed by atoms with van der Waals surface area (Å²) in [4.78, 5) is 4.51. The standard InChI is InChI=1S/C10H10ClNS/c1-2-13-10-6-12-9-5-7(11)3-4-8(9)10/h3-6,12H,2H2,1H3. The molecule has 0 fully saturated rings. The Morgan fingerprint density at radius 2 is 2.31 bits per heavy atom. The molecule has 2 rings (SSSR count). The van der Waals surface area contributed by atoms with Gasteiger partial charge in [0.1, 0.15) is 0 Å². The van der Waals surface area contributed by atoms with Crippen molar-refractivity contribution in [2.75, 3.05) is 5.75 Å². The number of hydrogen-bond acceptors (Lipinski definition) is 1. The second-order valence-corrected chi connectivity index (χ2v) is 4.52. The van der Waals surface area contributed by atoms with Gasteiger partial charge >= 0.3 is 0 Å². The van der Waals surface area contributed by atoms with Crippen molar-refractivity contribution in [3.8, 4) is 0 Å². The normalized spacial score (nSPS) is 10.9. The number of aromatic nitrogens is 1. The SMILES string of the molecule is CCSc1c[nH]c2cc(Cl)ccc12. The minimum atomic E-state index is 0.780. The van der Waals surface area contributed by atoms with Crippen molar-refractivity contribution in [3.63, 3.8) is 0 Å². The molecule has 68 valence electrons. The highest BCUT2D eigenvalue weighted by Gasteiger charge is 2.02. The Morgan fingerprint density at radius 1 is 1.46 bits per heavy atom. The zero-order valence-electron chi connectivity index (χ0n) is 7.30. The van der Waals surface area contributed by atoms with Crippen LogP contribution in [0.15, 0.2) is 29.3 Å². The van der Waals surface area contributed by atoms with Crippen molar-refractivity contribution in [2.24, 2.45) is 0 Å². The van der Waals surface area contributed by atoms with Gasteiger partial charge in [0.05, 0.1) is 0 Å². The predicted molar refractivity (Wildman–Crippen MR) is 59.7 cm³/mol. The quantitative estimate of drug-likeness (QED) is 0.745. The molecule has 3 heteroatoms. The minimum absolute atomic E-state index is 0.780. The lowest BCUT2D eigenvalue weighted by atomic mass is 10.2. The maximum absolute atomic E-state index is 5.88. The van der Waals surface area contributed by atoms with Crippen LogP contribution in [0.2, 0.25) is 5.02 Å². The van der Waals surface area contributed by atoms with Crippen molar-refractivity contribution in [1.29, 1.82) is 0 Å². The summed E-state index contributed by atoms with van der Waals surface area (Å²) in [5, 5.41) is 2.04. The van der Waals surface area contributed by atoms with Crippen LogP contribution in [-0.4, -0.2) is 10.7 Å². The van der Waals surface area contributed by atoms with Crippen molar-refractivity contribution in [2.45, 2.75) is 11.8 Å². The number of rotatable bonds is 2. The summed E-state index contributed by atoms with van der Waals surface area (Å²) < 4.78 is 0. The summed E-state index contributed by atoms with van der Waals surface area (Å²) in [7, 11) is 0. The first-order valence-corrected chi connectivity index (χ1v) is 5.57. The largest absolute Gasteiger partial charge is 0.360 e. The van der Waals surface area contributed by atoms with E-state index >= 15 is 0 Å². The highest BCUT2D eigenvalue weighted by Crippen LogP contribution is 2.29. The van der Waals surface area contributed by atoms with Crippen molar-refractivity contribution >= 4 is 34.3 Å². The molecule has 1 nitrogen and oxygen atoms in total. The second kappa shape index (κ2) is 3.64. The van der Waals surface area contributed by atoms with Gasteiger partial charge in [0.25, 0.3) is 0 Å². The van der Waals surface area contributed by atoms with Gasteiger partial charge in [-0.05, 0) is 17.9 Å². The van der Waals surface area contributed by atoms with E-state index in [2.05, 4.69) is 18.0 Å². The molecule has 1 N–H and O–H groups in total. The number of H-pyrrole nitrogens is 1. The molecule has 2 aromatic rings. The monoisotopic (exact) mass is 211 g/mol. The Labute approximate surface area is 86.5 Å². The van der Waals surface area contributed by atoms with Gasteiger partial charge in [0.2, 0.25) is 0 Å². The van der Waals surface area contributed by atoms with Gasteiger partial charge in [0, 0.05) is 27.0 Å². The number of benzene rings is 1. The zero-order valence-corrected chi connectivity index (χ0v) is 8.88. The lowest BCUT2D eigenvalue weighted by molar-refractivity contribution is 1.40. The molecule has 0 aliphatic rings. The maximum Gasteiger partial charge on any atom is 0.0480 e. The molecule has 0 saturated heterocycles. The van der Waals surface area contributed by atoms with Crippen LogP contribution in [0.4, 0.5) is 0 Å². The van der Waals surface area contributed by atoms with Crippen LogP contribution >= 0.6 is 23.4 Å². The molecule has 0 spiro atoms. The molecule has 0 aliphatic carbocycles. The molecule has 0 saturated carbocycles. The van der Waals surface area contributed by atoms with E-state index in [1.807, 2.05) is 30.1 Å². The van der Waals surface area contributed by atoms with E-state index in [0.29, 0.717) is 0 Å². The number of nitrogens with one attached hydrogen (secondary N) is 1. The fourth-order valence-corrected chi connectivity index (χ4v) is 2.31. The van der Waals surface area contributed by atoms with Gasteiger partial charge in [-0.15, -0.1) is 11.8 Å². The summed E-state index contributed by atoms with van der Waals surface area (Å²) in [6.07, 6.45) is 2.04. The van der Waals surface area contributed by atoms with Crippen molar-refractivity contribution in [1.82, 2.24) is 4.98 Å². The molecule has 0 aliphatic heterocycles. The van der Waals surface area contributed by atoms with Crippen LogP contribution in [0, 0.1) is 0 Å². The molecule has 1 heterocycles. The number of halogens is 1. The number of fused-ring (bicyclic) bond motifs is 1. The first kappa shape index (κ1) is 8.97. The molecule has 0 bridgehead atoms. The van der Waals surface area contributed by atoms with Gasteiger partial charge in [0.15, 0.2) is 0 Å². The van der Waals surface area contributed by atoms with E-state index in [1.165, 1.54) is 10.3 Å². The zero-order chi connectivity index (χ0) is 9.26. The molecule has 13 heavy (non-hydrogen) atoms. The van der Waals surface area contributed by atoms with E-state index in [4.69, 9.17) is 11.6 Å². The molecule has 1 aromatic carbocycles. The predicted octanol–water partition coefficient (Wildman–Crippen LogP) is 3.93. The Bertz CT molecular complexity index is 422. The van der Waals surface area contributed by atoms with Crippen molar-refractivity contribution < 1.29 is 0 Å². The Kier molecular flexibility index (Phi) is 2.51. The van der Waals surface area contributed by atoms with Crippen LogP contribution in [-0.2, 0) is 0 Å². The summed E-state index contributed by atoms with van der Waals surface area (Å²) in [6, 6.07) is 5.94. The van der Waals surface area contributed by atoms with Crippen LogP contribution in [0.5, 0.6) is 0 Å². The van der Waals surface area contributed by atoms with E-state index in [0.717, 1.165) is 16.3 Å². The second-order valence-electron chi connectivity index (χ2n) is 2.78.